The Balaban J connectivity index is 1.63. The predicted molar refractivity (Wildman–Crippen MR) is 136 cm³/mol. The van der Waals surface area contributed by atoms with E-state index in [0.717, 1.165) is 56.2 Å². The van der Waals surface area contributed by atoms with E-state index in [1.54, 1.807) is 26.4 Å². The van der Waals surface area contributed by atoms with Crippen LogP contribution in [0.2, 0.25) is 0 Å². The van der Waals surface area contributed by atoms with Gasteiger partial charge in [-0.1, -0.05) is 26.0 Å². The molecule has 2 heterocycles. The topological polar surface area (TPSA) is 112 Å². The summed E-state index contributed by atoms with van der Waals surface area (Å²) in [5.74, 6) is 2.62. The van der Waals surface area contributed by atoms with Crippen LogP contribution < -0.4 is 14.4 Å². The van der Waals surface area contributed by atoms with E-state index >= 15 is 0 Å². The number of aryl methyl sites for hydroxylation is 1. The van der Waals surface area contributed by atoms with Crippen molar-refractivity contribution in [2.45, 2.75) is 32.9 Å². The lowest BCUT2D eigenvalue weighted by Crippen LogP contribution is -2.48. The van der Waals surface area contributed by atoms with Crippen molar-refractivity contribution in [3.05, 3.63) is 64.0 Å². The minimum absolute atomic E-state index is 0.0933. The zero-order valence-electron chi connectivity index (χ0n) is 21.2. The van der Waals surface area contributed by atoms with Gasteiger partial charge in [0, 0.05) is 56.1 Å². The first kappa shape index (κ1) is 25.4. The molecule has 1 fully saturated rings. The Bertz CT molecular complexity index is 1160. The van der Waals surface area contributed by atoms with Gasteiger partial charge in [-0.05, 0) is 41.0 Å². The second-order valence-corrected chi connectivity index (χ2v) is 9.22. The number of rotatable bonds is 10. The Morgan fingerprint density at radius 2 is 1.75 bits per heavy atom. The zero-order valence-corrected chi connectivity index (χ0v) is 21.2. The molecule has 1 unspecified atom stereocenters. The molecule has 1 atom stereocenters. The molecule has 4 rings (SSSR count). The third-order valence-corrected chi connectivity index (χ3v) is 6.56. The van der Waals surface area contributed by atoms with Crippen LogP contribution in [0.15, 0.2) is 42.5 Å². The van der Waals surface area contributed by atoms with E-state index in [0.29, 0.717) is 17.4 Å². The van der Waals surface area contributed by atoms with Crippen LogP contribution in [-0.4, -0.2) is 70.4 Å². The van der Waals surface area contributed by atoms with Crippen molar-refractivity contribution in [3.8, 4) is 11.5 Å². The Labute approximate surface area is 210 Å². The molecule has 192 valence electrons. The van der Waals surface area contributed by atoms with Crippen molar-refractivity contribution < 1.29 is 14.4 Å². The lowest BCUT2D eigenvalue weighted by molar-refractivity contribution is -0.384. The number of para-hydroxylation sites is 1. The molecule has 0 aliphatic carbocycles. The maximum Gasteiger partial charge on any atom is 0.269 e. The predicted octanol–water partition coefficient (Wildman–Crippen LogP) is 3.56. The van der Waals surface area contributed by atoms with Crippen LogP contribution in [0.5, 0.6) is 11.5 Å². The number of methoxy groups -OCH3 is 2. The third kappa shape index (κ3) is 5.40. The molecule has 1 aliphatic heterocycles. The number of piperazine rings is 1. The van der Waals surface area contributed by atoms with E-state index in [2.05, 4.69) is 39.2 Å². The van der Waals surface area contributed by atoms with Gasteiger partial charge in [0.25, 0.3) is 5.69 Å². The van der Waals surface area contributed by atoms with Crippen molar-refractivity contribution in [1.82, 2.24) is 25.1 Å². The molecule has 0 spiro atoms. The first-order valence-electron chi connectivity index (χ1n) is 12.1. The van der Waals surface area contributed by atoms with Crippen LogP contribution in [0.25, 0.3) is 0 Å². The van der Waals surface area contributed by atoms with Gasteiger partial charge in [0.2, 0.25) is 0 Å². The molecule has 0 saturated carbocycles. The number of non-ortho nitro benzene ring substituents is 1. The monoisotopic (exact) mass is 495 g/mol. The molecule has 36 heavy (non-hydrogen) atoms. The van der Waals surface area contributed by atoms with Gasteiger partial charge in [-0.25, -0.2) is 4.68 Å². The quantitative estimate of drug-likeness (QED) is 0.308. The summed E-state index contributed by atoms with van der Waals surface area (Å²) < 4.78 is 13.3. The van der Waals surface area contributed by atoms with Crippen molar-refractivity contribution in [1.29, 1.82) is 0 Å². The molecular weight excluding hydrogens is 462 g/mol. The molecule has 0 bridgehead atoms. The van der Waals surface area contributed by atoms with Gasteiger partial charge in [0.05, 0.1) is 19.1 Å². The van der Waals surface area contributed by atoms with Gasteiger partial charge in [0.15, 0.2) is 17.3 Å². The van der Waals surface area contributed by atoms with Gasteiger partial charge in [-0.2, -0.15) is 0 Å². The average Bonchev–Trinajstić information content (AvgIpc) is 3.36. The van der Waals surface area contributed by atoms with Crippen molar-refractivity contribution in [3.63, 3.8) is 0 Å². The molecule has 1 aliphatic rings. The summed E-state index contributed by atoms with van der Waals surface area (Å²) in [6.07, 6.45) is 0.966. The van der Waals surface area contributed by atoms with Crippen LogP contribution in [-0.2, 0) is 6.54 Å². The van der Waals surface area contributed by atoms with E-state index in [9.17, 15) is 10.1 Å². The molecule has 0 N–H and O–H groups in total. The van der Waals surface area contributed by atoms with Crippen molar-refractivity contribution >= 4 is 11.4 Å². The van der Waals surface area contributed by atoms with Crippen LogP contribution in [0.4, 0.5) is 11.4 Å². The SMILES string of the molecule is COc1cccc(C(c2nnnn2CCC(C)C)N2CCN(c3ccc([N+](=O)[O-])cc3)CC2)c1OC. The average molecular weight is 496 g/mol. The molecule has 0 amide bonds. The number of hydrogen-bond acceptors (Lipinski definition) is 9. The zero-order chi connectivity index (χ0) is 25.7. The normalized spacial score (nSPS) is 15.2. The smallest absolute Gasteiger partial charge is 0.269 e. The lowest BCUT2D eigenvalue weighted by Gasteiger charge is -2.40. The summed E-state index contributed by atoms with van der Waals surface area (Å²) in [4.78, 5) is 15.2. The van der Waals surface area contributed by atoms with E-state index in [1.165, 1.54) is 0 Å². The fourth-order valence-corrected chi connectivity index (χ4v) is 4.60. The maximum absolute atomic E-state index is 11.0. The van der Waals surface area contributed by atoms with Crippen molar-refractivity contribution in [2.24, 2.45) is 5.92 Å². The molecule has 2 aromatic carbocycles. The molecule has 1 aromatic heterocycles. The lowest BCUT2D eigenvalue weighted by atomic mass is 10.0. The minimum Gasteiger partial charge on any atom is -0.493 e. The minimum atomic E-state index is -0.378. The van der Waals surface area contributed by atoms with Gasteiger partial charge < -0.3 is 14.4 Å². The highest BCUT2D eigenvalue weighted by atomic mass is 16.6. The Kier molecular flexibility index (Phi) is 7.99. The largest absolute Gasteiger partial charge is 0.493 e. The van der Waals surface area contributed by atoms with Gasteiger partial charge in [0.1, 0.15) is 6.04 Å². The first-order chi connectivity index (χ1) is 17.4. The Morgan fingerprint density at radius 3 is 2.36 bits per heavy atom. The number of hydrogen-bond donors (Lipinski definition) is 0. The number of nitro benzene ring substituents is 1. The highest BCUT2D eigenvalue weighted by Crippen LogP contribution is 2.40. The maximum atomic E-state index is 11.0. The van der Waals surface area contributed by atoms with Crippen LogP contribution in [0.1, 0.15) is 37.7 Å². The van der Waals surface area contributed by atoms with Gasteiger partial charge >= 0.3 is 0 Å². The number of tetrazole rings is 1. The fourth-order valence-electron chi connectivity index (χ4n) is 4.60. The standard InChI is InChI=1S/C25H33N7O4/c1-18(2)12-13-31-25(26-27-28-31)23(21-6-5-7-22(35-3)24(21)36-4)30-16-14-29(15-17-30)19-8-10-20(11-9-19)32(33)34/h5-11,18,23H,12-17H2,1-4H3. The second kappa shape index (κ2) is 11.3. The number of aromatic nitrogens is 4. The molecular formula is C25H33N7O4. The van der Waals surface area contributed by atoms with Crippen LogP contribution >= 0.6 is 0 Å². The molecule has 11 heteroatoms. The molecule has 1 saturated heterocycles. The summed E-state index contributed by atoms with van der Waals surface area (Å²) in [6.45, 7) is 8.11. The summed E-state index contributed by atoms with van der Waals surface area (Å²) in [5, 5.41) is 23.8. The van der Waals surface area contributed by atoms with E-state index in [4.69, 9.17) is 9.47 Å². The number of benzene rings is 2. The number of anilines is 1. The molecule has 0 radical (unpaired) electrons. The third-order valence-electron chi connectivity index (χ3n) is 6.56. The van der Waals surface area contributed by atoms with Crippen molar-refractivity contribution in [2.75, 3.05) is 45.3 Å². The Morgan fingerprint density at radius 1 is 1.03 bits per heavy atom. The molecule has 11 nitrogen and oxygen atoms in total. The summed E-state index contributed by atoms with van der Waals surface area (Å²) in [7, 11) is 3.28. The highest BCUT2D eigenvalue weighted by Gasteiger charge is 2.33. The summed E-state index contributed by atoms with van der Waals surface area (Å²) in [6, 6.07) is 12.4. The van der Waals surface area contributed by atoms with E-state index in [-0.39, 0.29) is 16.7 Å². The van der Waals surface area contributed by atoms with E-state index in [1.807, 2.05) is 35.0 Å². The fraction of sp³-hybridized carbons (Fsp3) is 0.480. The number of nitro groups is 1. The number of ether oxygens (including phenoxy) is 2. The summed E-state index contributed by atoms with van der Waals surface area (Å²) >= 11 is 0. The highest BCUT2D eigenvalue weighted by molar-refractivity contribution is 5.52. The summed E-state index contributed by atoms with van der Waals surface area (Å²) in [5.41, 5.74) is 2.01. The Hall–Kier alpha value is -3.73. The van der Waals surface area contributed by atoms with Gasteiger partial charge in [-0.3, -0.25) is 15.0 Å². The van der Waals surface area contributed by atoms with Crippen LogP contribution in [0, 0.1) is 16.0 Å². The molecule has 3 aromatic rings. The van der Waals surface area contributed by atoms with Gasteiger partial charge in [-0.15, -0.1) is 5.10 Å². The van der Waals surface area contributed by atoms with Crippen LogP contribution in [0.3, 0.4) is 0 Å². The number of nitrogens with zero attached hydrogens (tertiary/aromatic N) is 7. The second-order valence-electron chi connectivity index (χ2n) is 9.22. The van der Waals surface area contributed by atoms with E-state index < -0.39 is 0 Å². The first-order valence-corrected chi connectivity index (χ1v) is 12.1.